The standard InChI is InChI=1S/C38H58O12/c1-17-8-11-38(46-15-17)18(2)28-26(50-38)14-24-22-7-6-20-12-21(39)13-27(37(20,5)23(22)9-10-36(24,28)4)48-35-33(30(42)25(40)16-45-35)49-34-32(44)31(43)29(41)19(3)47-34/h6,18-19,21-35,39-44H,1,7-16H2,2-5H3/t18-,19-,21+,22+,23+,24-,25-,26-,27+,28-,29-,30-,31+,32+,33+,34-,35-,36-,37-,38+/m0/s1. The van der Waals surface area contributed by atoms with Crippen LogP contribution in [0.1, 0.15) is 79.1 Å². The van der Waals surface area contributed by atoms with Crippen LogP contribution in [-0.4, -0.2) is 123 Å². The minimum Gasteiger partial charge on any atom is -0.393 e. The van der Waals surface area contributed by atoms with Crippen LogP contribution < -0.4 is 0 Å². The van der Waals surface area contributed by atoms with Crippen molar-refractivity contribution in [3.05, 3.63) is 23.8 Å². The molecule has 4 saturated heterocycles. The molecule has 6 N–H and O–H groups in total. The molecule has 0 radical (unpaired) electrons. The maximum atomic E-state index is 11.1. The Bertz CT molecular complexity index is 1330. The summed E-state index contributed by atoms with van der Waals surface area (Å²) in [7, 11) is 0. The van der Waals surface area contributed by atoms with Crippen molar-refractivity contribution >= 4 is 0 Å². The second kappa shape index (κ2) is 12.8. The third-order valence-electron chi connectivity index (χ3n) is 15.0. The van der Waals surface area contributed by atoms with E-state index < -0.39 is 78.7 Å². The molecule has 0 unspecified atom stereocenters. The molecule has 0 amide bonds. The summed E-state index contributed by atoms with van der Waals surface area (Å²) >= 11 is 0. The van der Waals surface area contributed by atoms with Crippen molar-refractivity contribution in [1.29, 1.82) is 0 Å². The van der Waals surface area contributed by atoms with Gasteiger partial charge in [0.25, 0.3) is 0 Å². The summed E-state index contributed by atoms with van der Waals surface area (Å²) in [6, 6.07) is 0. The Hall–Kier alpha value is -1.00. The van der Waals surface area contributed by atoms with Crippen molar-refractivity contribution in [2.75, 3.05) is 13.2 Å². The van der Waals surface area contributed by atoms with Crippen LogP contribution in [0, 0.1) is 40.4 Å². The maximum Gasteiger partial charge on any atom is 0.187 e. The van der Waals surface area contributed by atoms with Crippen LogP contribution in [0.15, 0.2) is 23.8 Å². The van der Waals surface area contributed by atoms with Gasteiger partial charge in [-0.1, -0.05) is 44.6 Å². The maximum absolute atomic E-state index is 11.1. The van der Waals surface area contributed by atoms with Gasteiger partial charge in [-0.05, 0) is 74.5 Å². The summed E-state index contributed by atoms with van der Waals surface area (Å²) in [4.78, 5) is 0. The largest absolute Gasteiger partial charge is 0.393 e. The summed E-state index contributed by atoms with van der Waals surface area (Å²) < 4.78 is 37.9. The lowest BCUT2D eigenvalue weighted by molar-refractivity contribution is -0.362. The Morgan fingerprint density at radius 2 is 1.68 bits per heavy atom. The molecule has 8 aliphatic rings. The Morgan fingerprint density at radius 3 is 2.42 bits per heavy atom. The normalized spacial score (nSPS) is 57.8. The molecule has 4 aliphatic heterocycles. The molecule has 12 nitrogen and oxygen atoms in total. The predicted octanol–water partition coefficient (Wildman–Crippen LogP) is 1.92. The van der Waals surface area contributed by atoms with Gasteiger partial charge in [0.15, 0.2) is 18.4 Å². The molecule has 1 spiro atoms. The third-order valence-corrected chi connectivity index (χ3v) is 15.0. The van der Waals surface area contributed by atoms with E-state index in [2.05, 4.69) is 33.4 Å². The number of aliphatic hydroxyl groups is 6. The number of ether oxygens (including phenoxy) is 6. The number of rotatable bonds is 4. The summed E-state index contributed by atoms with van der Waals surface area (Å²) in [5, 5.41) is 64.1. The molecule has 50 heavy (non-hydrogen) atoms. The lowest BCUT2D eigenvalue weighted by atomic mass is 9.46. The molecule has 4 heterocycles. The van der Waals surface area contributed by atoms with Crippen LogP contribution in [0.4, 0.5) is 0 Å². The molecule has 12 heteroatoms. The van der Waals surface area contributed by atoms with E-state index in [1.165, 1.54) is 5.57 Å². The zero-order chi connectivity index (χ0) is 35.5. The fraction of sp³-hybridized carbons (Fsp3) is 0.895. The molecule has 0 aromatic carbocycles. The van der Waals surface area contributed by atoms with E-state index in [0.717, 1.165) is 44.1 Å². The van der Waals surface area contributed by atoms with Gasteiger partial charge < -0.3 is 59.1 Å². The molecule has 0 aromatic heterocycles. The fourth-order valence-electron chi connectivity index (χ4n) is 12.2. The number of hydrogen-bond donors (Lipinski definition) is 6. The SMILES string of the molecule is C=C1CC[C@@]2(OC1)O[C@H]1C[C@H]3[C@@H]4CC=C5C[C@@H](O)C[C@@H](O[C@@H]6OC[C@H](O)[C@H](O)[C@H]6O[C@@H]6O[C@@H](C)[C@H](O)[C@@H](O)[C@H]6O)[C@]5(C)[C@@H]4CC[C@]3(C)[C@H]1[C@@H]2C. The van der Waals surface area contributed by atoms with Crippen LogP contribution in [0.25, 0.3) is 0 Å². The van der Waals surface area contributed by atoms with Gasteiger partial charge in [0, 0.05) is 24.2 Å². The van der Waals surface area contributed by atoms with E-state index in [-0.39, 0.29) is 24.0 Å². The van der Waals surface area contributed by atoms with Crippen molar-refractivity contribution in [1.82, 2.24) is 0 Å². The molecular weight excluding hydrogens is 648 g/mol. The van der Waals surface area contributed by atoms with Gasteiger partial charge in [-0.3, -0.25) is 0 Å². The first-order chi connectivity index (χ1) is 23.7. The summed E-state index contributed by atoms with van der Waals surface area (Å²) in [6.07, 6.45) is -3.73. The number of fused-ring (bicyclic) bond motifs is 7. The number of hydrogen-bond acceptors (Lipinski definition) is 12. The highest BCUT2D eigenvalue weighted by Crippen LogP contribution is 2.71. The monoisotopic (exact) mass is 706 g/mol. The van der Waals surface area contributed by atoms with Gasteiger partial charge in [-0.2, -0.15) is 0 Å². The highest BCUT2D eigenvalue weighted by Gasteiger charge is 2.69. The molecule has 8 rings (SSSR count). The first kappa shape index (κ1) is 36.0. The minimum absolute atomic E-state index is 0.112. The Labute approximate surface area is 294 Å². The summed E-state index contributed by atoms with van der Waals surface area (Å²) in [5.74, 6) is 1.34. The van der Waals surface area contributed by atoms with Crippen molar-refractivity contribution < 1.29 is 59.1 Å². The first-order valence-corrected chi connectivity index (χ1v) is 19.0. The molecule has 7 fully saturated rings. The smallest absolute Gasteiger partial charge is 0.187 e. The third kappa shape index (κ3) is 5.38. The average molecular weight is 707 g/mol. The van der Waals surface area contributed by atoms with Crippen LogP contribution in [0.5, 0.6) is 0 Å². The van der Waals surface area contributed by atoms with Gasteiger partial charge in [-0.15, -0.1) is 0 Å². The van der Waals surface area contributed by atoms with E-state index in [1.807, 2.05) is 0 Å². The fourth-order valence-corrected chi connectivity index (χ4v) is 12.2. The number of aliphatic hydroxyl groups excluding tert-OH is 6. The summed E-state index contributed by atoms with van der Waals surface area (Å²) in [5.41, 5.74) is 2.01. The zero-order valence-corrected chi connectivity index (χ0v) is 29.8. The quantitative estimate of drug-likeness (QED) is 0.235. The lowest BCUT2D eigenvalue weighted by Gasteiger charge is -2.60. The highest BCUT2D eigenvalue weighted by atomic mass is 16.8. The molecular formula is C38H58O12. The molecule has 0 aromatic rings. The van der Waals surface area contributed by atoms with Crippen molar-refractivity contribution in [3.8, 4) is 0 Å². The van der Waals surface area contributed by atoms with Crippen molar-refractivity contribution in [2.24, 2.45) is 40.4 Å². The van der Waals surface area contributed by atoms with Gasteiger partial charge in [0.05, 0.1) is 37.6 Å². The first-order valence-electron chi connectivity index (χ1n) is 19.0. The molecule has 282 valence electrons. The second-order valence-corrected chi connectivity index (χ2v) is 17.5. The van der Waals surface area contributed by atoms with Gasteiger partial charge in [-0.25, -0.2) is 0 Å². The predicted molar refractivity (Wildman–Crippen MR) is 177 cm³/mol. The van der Waals surface area contributed by atoms with Gasteiger partial charge in [0.2, 0.25) is 0 Å². The second-order valence-electron chi connectivity index (χ2n) is 17.5. The van der Waals surface area contributed by atoms with Gasteiger partial charge in [0.1, 0.15) is 36.6 Å². The topological polar surface area (TPSA) is 177 Å². The Kier molecular flexibility index (Phi) is 9.22. The van der Waals surface area contributed by atoms with Gasteiger partial charge >= 0.3 is 0 Å². The molecule has 20 atom stereocenters. The van der Waals surface area contributed by atoms with Crippen LogP contribution in [0.3, 0.4) is 0 Å². The van der Waals surface area contributed by atoms with E-state index >= 15 is 0 Å². The van der Waals surface area contributed by atoms with E-state index in [0.29, 0.717) is 43.1 Å². The molecule has 0 bridgehead atoms. The highest BCUT2D eigenvalue weighted by molar-refractivity contribution is 5.29. The van der Waals surface area contributed by atoms with Crippen molar-refractivity contribution in [2.45, 2.75) is 158 Å². The van der Waals surface area contributed by atoms with Crippen LogP contribution in [0.2, 0.25) is 0 Å². The summed E-state index contributed by atoms with van der Waals surface area (Å²) in [6.45, 7) is 13.1. The average Bonchev–Trinajstić information content (AvgIpc) is 3.53. The van der Waals surface area contributed by atoms with Crippen LogP contribution in [-0.2, 0) is 28.4 Å². The van der Waals surface area contributed by atoms with E-state index in [1.54, 1.807) is 6.92 Å². The molecule has 4 aliphatic carbocycles. The van der Waals surface area contributed by atoms with Crippen molar-refractivity contribution in [3.63, 3.8) is 0 Å². The molecule has 3 saturated carbocycles. The minimum atomic E-state index is -1.61. The van der Waals surface area contributed by atoms with E-state index in [4.69, 9.17) is 28.4 Å². The van der Waals surface area contributed by atoms with E-state index in [9.17, 15) is 30.6 Å². The number of allylic oxidation sites excluding steroid dienone is 1. The Balaban J connectivity index is 1.04. The van der Waals surface area contributed by atoms with Crippen LogP contribution >= 0.6 is 0 Å². The Morgan fingerprint density at radius 1 is 0.900 bits per heavy atom. The zero-order valence-electron chi connectivity index (χ0n) is 29.8. The lowest BCUT2D eigenvalue weighted by Crippen LogP contribution is -2.63.